The Labute approximate surface area is 135 Å². The van der Waals surface area contributed by atoms with Crippen LogP contribution in [0.3, 0.4) is 0 Å². The Morgan fingerprint density at radius 1 is 1.35 bits per heavy atom. The maximum absolute atomic E-state index is 12.8. The predicted molar refractivity (Wildman–Crippen MR) is 83.2 cm³/mol. The fourth-order valence-electron chi connectivity index (χ4n) is 2.78. The summed E-state index contributed by atoms with van der Waals surface area (Å²) in [4.78, 5) is 11.4. The van der Waals surface area contributed by atoms with E-state index in [2.05, 4.69) is 0 Å². The van der Waals surface area contributed by atoms with Crippen LogP contribution >= 0.6 is 0 Å². The summed E-state index contributed by atoms with van der Waals surface area (Å²) in [6, 6.07) is 3.40. The second-order valence-electron chi connectivity index (χ2n) is 5.62. The van der Waals surface area contributed by atoms with Crippen LogP contribution in [0.4, 0.5) is 0 Å². The van der Waals surface area contributed by atoms with E-state index in [1.54, 1.807) is 26.0 Å². The molecule has 8 heteroatoms. The number of sulfonamides is 1. The van der Waals surface area contributed by atoms with E-state index >= 15 is 0 Å². The summed E-state index contributed by atoms with van der Waals surface area (Å²) in [7, 11) is -2.44. The second kappa shape index (κ2) is 6.10. The SMILES string of the molecule is CCOC1(C(=O)O)CN(S(=O)(=O)c2c(C)cc(C)cc2OC)C1. The molecule has 0 spiro atoms. The number of carboxylic acids is 1. The molecule has 0 amide bonds. The fraction of sp³-hybridized carbons (Fsp3) is 0.533. The molecule has 0 aliphatic carbocycles. The smallest absolute Gasteiger partial charge is 0.338 e. The highest BCUT2D eigenvalue weighted by Gasteiger charge is 2.55. The Morgan fingerprint density at radius 3 is 2.43 bits per heavy atom. The quantitative estimate of drug-likeness (QED) is 0.833. The van der Waals surface area contributed by atoms with E-state index in [9.17, 15) is 18.3 Å². The first-order valence-electron chi connectivity index (χ1n) is 7.20. The van der Waals surface area contributed by atoms with Crippen LogP contribution in [0.1, 0.15) is 18.1 Å². The van der Waals surface area contributed by atoms with Gasteiger partial charge < -0.3 is 14.6 Å². The molecule has 1 aliphatic rings. The molecule has 0 saturated carbocycles. The zero-order valence-electron chi connectivity index (χ0n) is 13.6. The lowest BCUT2D eigenvalue weighted by Gasteiger charge is -2.45. The molecule has 2 rings (SSSR count). The summed E-state index contributed by atoms with van der Waals surface area (Å²) in [6.45, 7) is 4.99. The van der Waals surface area contributed by atoms with Gasteiger partial charge in [-0.2, -0.15) is 4.31 Å². The van der Waals surface area contributed by atoms with Gasteiger partial charge in [0.2, 0.25) is 10.0 Å². The van der Waals surface area contributed by atoms with Gasteiger partial charge in [-0.3, -0.25) is 0 Å². The molecule has 128 valence electrons. The van der Waals surface area contributed by atoms with Crippen molar-refractivity contribution >= 4 is 16.0 Å². The van der Waals surface area contributed by atoms with Crippen LogP contribution in [0.5, 0.6) is 5.75 Å². The Balaban J connectivity index is 2.37. The van der Waals surface area contributed by atoms with E-state index in [-0.39, 0.29) is 30.3 Å². The van der Waals surface area contributed by atoms with Crippen molar-refractivity contribution in [3.8, 4) is 5.75 Å². The first-order valence-corrected chi connectivity index (χ1v) is 8.64. The van der Waals surface area contributed by atoms with Crippen molar-refractivity contribution in [3.05, 3.63) is 23.3 Å². The third-order valence-corrected chi connectivity index (χ3v) is 5.85. The zero-order chi connectivity index (χ0) is 17.4. The summed E-state index contributed by atoms with van der Waals surface area (Å²) in [5, 5.41) is 9.29. The zero-order valence-corrected chi connectivity index (χ0v) is 14.4. The minimum absolute atomic E-state index is 0.0705. The lowest BCUT2D eigenvalue weighted by molar-refractivity contribution is -0.181. The van der Waals surface area contributed by atoms with Crippen molar-refractivity contribution in [1.82, 2.24) is 4.31 Å². The molecule has 0 radical (unpaired) electrons. The number of methoxy groups -OCH3 is 1. The van der Waals surface area contributed by atoms with Gasteiger partial charge in [0, 0.05) is 6.61 Å². The van der Waals surface area contributed by atoms with Crippen LogP contribution in [-0.4, -0.2) is 56.2 Å². The number of rotatable bonds is 6. The molecule has 1 saturated heterocycles. The minimum Gasteiger partial charge on any atom is -0.495 e. The lowest BCUT2D eigenvalue weighted by Crippen LogP contribution is -2.68. The third-order valence-electron chi connectivity index (χ3n) is 3.88. The molecule has 1 heterocycles. The second-order valence-corrected chi connectivity index (χ2v) is 7.49. The van der Waals surface area contributed by atoms with E-state index in [1.807, 2.05) is 6.92 Å². The molecule has 0 atom stereocenters. The van der Waals surface area contributed by atoms with E-state index < -0.39 is 21.6 Å². The van der Waals surface area contributed by atoms with Crippen LogP contribution in [0, 0.1) is 13.8 Å². The molecule has 1 aromatic carbocycles. The number of ether oxygens (including phenoxy) is 2. The Bertz CT molecular complexity index is 722. The molecule has 0 bridgehead atoms. The Morgan fingerprint density at radius 2 is 1.96 bits per heavy atom. The normalized spacial score (nSPS) is 17.6. The van der Waals surface area contributed by atoms with E-state index in [0.29, 0.717) is 5.56 Å². The van der Waals surface area contributed by atoms with Gasteiger partial charge in [0.15, 0.2) is 5.60 Å². The molecule has 0 aromatic heterocycles. The number of benzene rings is 1. The highest BCUT2D eigenvalue weighted by atomic mass is 32.2. The van der Waals surface area contributed by atoms with Gasteiger partial charge >= 0.3 is 5.97 Å². The largest absolute Gasteiger partial charge is 0.495 e. The number of hydrogen-bond donors (Lipinski definition) is 1. The maximum Gasteiger partial charge on any atom is 0.338 e. The summed E-state index contributed by atoms with van der Waals surface area (Å²) in [5.74, 6) is -0.898. The average Bonchev–Trinajstić information content (AvgIpc) is 2.40. The van der Waals surface area contributed by atoms with Gasteiger partial charge in [-0.1, -0.05) is 6.07 Å². The third kappa shape index (κ3) is 2.93. The number of hydrogen-bond acceptors (Lipinski definition) is 5. The summed E-state index contributed by atoms with van der Waals surface area (Å²) >= 11 is 0. The Hall–Kier alpha value is -1.64. The fourth-order valence-corrected chi connectivity index (χ4v) is 4.66. The van der Waals surface area contributed by atoms with Crippen molar-refractivity contribution in [2.24, 2.45) is 0 Å². The minimum atomic E-state index is -3.85. The van der Waals surface area contributed by atoms with Crippen molar-refractivity contribution < 1.29 is 27.8 Å². The number of aliphatic carboxylic acids is 1. The van der Waals surface area contributed by atoms with Gasteiger partial charge in [0.05, 0.1) is 20.2 Å². The topological polar surface area (TPSA) is 93.1 Å². The van der Waals surface area contributed by atoms with Gasteiger partial charge in [-0.15, -0.1) is 0 Å². The molecule has 1 aliphatic heterocycles. The van der Waals surface area contributed by atoms with Gasteiger partial charge in [-0.05, 0) is 38.0 Å². The molecule has 7 nitrogen and oxygen atoms in total. The average molecular weight is 343 g/mol. The van der Waals surface area contributed by atoms with Crippen molar-refractivity contribution in [3.63, 3.8) is 0 Å². The monoisotopic (exact) mass is 343 g/mol. The predicted octanol–water partition coefficient (Wildman–Crippen LogP) is 1.18. The van der Waals surface area contributed by atoms with E-state index in [1.165, 1.54) is 7.11 Å². The van der Waals surface area contributed by atoms with E-state index in [0.717, 1.165) is 9.87 Å². The molecule has 1 aromatic rings. The number of carbonyl (C=O) groups is 1. The number of carboxylic acid groups (broad SMARTS) is 1. The molecular weight excluding hydrogens is 322 g/mol. The summed E-state index contributed by atoms with van der Waals surface area (Å²) in [5.41, 5.74) is -0.0182. The van der Waals surface area contributed by atoms with Gasteiger partial charge in [0.25, 0.3) is 0 Å². The Kier molecular flexibility index (Phi) is 4.70. The van der Waals surface area contributed by atoms with Crippen LogP contribution in [0.15, 0.2) is 17.0 Å². The molecule has 23 heavy (non-hydrogen) atoms. The highest BCUT2D eigenvalue weighted by molar-refractivity contribution is 7.89. The van der Waals surface area contributed by atoms with Crippen LogP contribution in [0.2, 0.25) is 0 Å². The summed E-state index contributed by atoms with van der Waals surface area (Å²) < 4.78 is 37.2. The van der Waals surface area contributed by atoms with Crippen molar-refractivity contribution in [1.29, 1.82) is 0 Å². The van der Waals surface area contributed by atoms with Crippen LogP contribution < -0.4 is 4.74 Å². The van der Waals surface area contributed by atoms with Crippen molar-refractivity contribution in [2.75, 3.05) is 26.8 Å². The highest BCUT2D eigenvalue weighted by Crippen LogP contribution is 2.36. The van der Waals surface area contributed by atoms with Crippen molar-refractivity contribution in [2.45, 2.75) is 31.3 Å². The lowest BCUT2D eigenvalue weighted by atomic mass is 9.97. The standard InChI is InChI=1S/C15H21NO6S/c1-5-22-15(14(17)18)8-16(9-15)23(19,20)13-11(3)6-10(2)7-12(13)21-4/h6-7H,5,8-9H2,1-4H3,(H,17,18). The van der Waals surface area contributed by atoms with Crippen LogP contribution in [0.25, 0.3) is 0 Å². The number of nitrogens with zero attached hydrogens (tertiary/aromatic N) is 1. The number of aryl methyl sites for hydroxylation is 2. The van der Waals surface area contributed by atoms with Gasteiger partial charge in [0.1, 0.15) is 10.6 Å². The molecule has 1 N–H and O–H groups in total. The maximum atomic E-state index is 12.8. The first-order chi connectivity index (χ1) is 10.7. The van der Waals surface area contributed by atoms with E-state index in [4.69, 9.17) is 9.47 Å². The first kappa shape index (κ1) is 17.7. The van der Waals surface area contributed by atoms with Crippen LogP contribution in [-0.2, 0) is 19.6 Å². The molecule has 0 unspecified atom stereocenters. The summed E-state index contributed by atoms with van der Waals surface area (Å²) in [6.07, 6.45) is 0. The molecular formula is C15H21NO6S. The van der Waals surface area contributed by atoms with Gasteiger partial charge in [-0.25, -0.2) is 13.2 Å². The molecule has 1 fully saturated rings.